The van der Waals surface area contributed by atoms with E-state index in [1.807, 2.05) is 20.8 Å². The molecule has 1 aliphatic rings. The molecule has 1 atom stereocenters. The van der Waals surface area contributed by atoms with Crippen LogP contribution in [-0.2, 0) is 25.9 Å². The zero-order valence-corrected chi connectivity index (χ0v) is 16.6. The normalized spacial score (nSPS) is 18.6. The van der Waals surface area contributed by atoms with E-state index in [1.54, 1.807) is 29.2 Å². The third kappa shape index (κ3) is 6.59. The van der Waals surface area contributed by atoms with E-state index in [-0.39, 0.29) is 12.1 Å². The lowest BCUT2D eigenvalue weighted by molar-refractivity contribution is 0.0127. The Morgan fingerprint density at radius 2 is 1.92 bits per heavy atom. The van der Waals surface area contributed by atoms with Gasteiger partial charge in [0.1, 0.15) is 5.60 Å². The molecule has 1 heterocycles. The lowest BCUT2D eigenvalue weighted by Crippen LogP contribution is -2.55. The predicted octanol–water partition coefficient (Wildman–Crippen LogP) is 1.82. The standard InChI is InChI=1S/C18H28N2O5S/c1-18(2,3)25-17(21)20-10-9-19-15(11-20)13-24-12-14-5-7-16(8-6-14)26(4,22)23/h5-8,15,19H,9-13H2,1-4H3/t15-/m0/s1. The maximum absolute atomic E-state index is 12.2. The van der Waals surface area contributed by atoms with Gasteiger partial charge in [0.25, 0.3) is 0 Å². The summed E-state index contributed by atoms with van der Waals surface area (Å²) in [6, 6.07) is 6.69. The highest BCUT2D eigenvalue weighted by Crippen LogP contribution is 2.13. The highest BCUT2D eigenvalue weighted by molar-refractivity contribution is 7.90. The number of rotatable bonds is 5. The third-order valence-corrected chi connectivity index (χ3v) is 4.97. The lowest BCUT2D eigenvalue weighted by Gasteiger charge is -2.34. The average Bonchev–Trinajstić information content (AvgIpc) is 2.53. The van der Waals surface area contributed by atoms with Gasteiger partial charge in [0.15, 0.2) is 9.84 Å². The van der Waals surface area contributed by atoms with E-state index in [2.05, 4.69) is 5.32 Å². The van der Waals surface area contributed by atoms with Crippen LogP contribution in [-0.4, -0.2) is 63.6 Å². The quantitative estimate of drug-likeness (QED) is 0.833. The molecular formula is C18H28N2O5S. The molecular weight excluding hydrogens is 356 g/mol. The Balaban J connectivity index is 1.79. The molecule has 1 aliphatic heterocycles. The van der Waals surface area contributed by atoms with Gasteiger partial charge < -0.3 is 19.7 Å². The van der Waals surface area contributed by atoms with Gasteiger partial charge >= 0.3 is 6.09 Å². The molecule has 0 saturated carbocycles. The second-order valence-corrected chi connectivity index (χ2v) is 9.52. The van der Waals surface area contributed by atoms with Crippen LogP contribution in [0.5, 0.6) is 0 Å². The number of nitrogens with zero attached hydrogens (tertiary/aromatic N) is 1. The molecule has 1 fully saturated rings. The molecule has 26 heavy (non-hydrogen) atoms. The van der Waals surface area contributed by atoms with Crippen molar-refractivity contribution in [2.24, 2.45) is 0 Å². The second-order valence-electron chi connectivity index (χ2n) is 7.51. The Hall–Kier alpha value is -1.64. The topological polar surface area (TPSA) is 84.9 Å². The third-order valence-electron chi connectivity index (χ3n) is 3.85. The summed E-state index contributed by atoms with van der Waals surface area (Å²) in [4.78, 5) is 14.1. The van der Waals surface area contributed by atoms with E-state index in [1.165, 1.54) is 6.26 Å². The van der Waals surface area contributed by atoms with Crippen molar-refractivity contribution in [1.82, 2.24) is 10.2 Å². The molecule has 0 bridgehead atoms. The van der Waals surface area contributed by atoms with E-state index < -0.39 is 15.4 Å². The molecule has 0 aliphatic carbocycles. The van der Waals surface area contributed by atoms with Gasteiger partial charge in [-0.15, -0.1) is 0 Å². The molecule has 0 spiro atoms. The maximum Gasteiger partial charge on any atom is 0.410 e. The summed E-state index contributed by atoms with van der Waals surface area (Å²) in [5, 5.41) is 3.33. The summed E-state index contributed by atoms with van der Waals surface area (Å²) in [6.07, 6.45) is 0.879. The minimum absolute atomic E-state index is 0.0339. The van der Waals surface area contributed by atoms with Crippen molar-refractivity contribution in [1.29, 1.82) is 0 Å². The first-order valence-corrected chi connectivity index (χ1v) is 10.5. The van der Waals surface area contributed by atoms with Gasteiger partial charge in [-0.2, -0.15) is 0 Å². The van der Waals surface area contributed by atoms with Gasteiger partial charge in [0.2, 0.25) is 0 Å². The van der Waals surface area contributed by atoms with Crippen LogP contribution >= 0.6 is 0 Å². The molecule has 7 nitrogen and oxygen atoms in total. The summed E-state index contributed by atoms with van der Waals surface area (Å²) < 4.78 is 34.0. The number of carbonyl (C=O) groups is 1. The predicted molar refractivity (Wildman–Crippen MR) is 98.8 cm³/mol. The molecule has 2 rings (SSSR count). The van der Waals surface area contributed by atoms with Gasteiger partial charge in [-0.3, -0.25) is 0 Å². The van der Waals surface area contributed by atoms with Crippen LogP contribution < -0.4 is 5.32 Å². The fourth-order valence-electron chi connectivity index (χ4n) is 2.58. The Labute approximate surface area is 155 Å². The minimum Gasteiger partial charge on any atom is -0.444 e. The summed E-state index contributed by atoms with van der Waals surface area (Å²) in [6.45, 7) is 8.21. The van der Waals surface area contributed by atoms with Gasteiger partial charge in [0, 0.05) is 31.9 Å². The molecule has 1 amide bonds. The summed E-state index contributed by atoms with van der Waals surface area (Å²) in [5.41, 5.74) is 0.392. The van der Waals surface area contributed by atoms with Crippen molar-refractivity contribution in [3.8, 4) is 0 Å². The Bertz CT molecular complexity index is 710. The van der Waals surface area contributed by atoms with Gasteiger partial charge in [0.05, 0.1) is 18.1 Å². The zero-order valence-electron chi connectivity index (χ0n) is 15.8. The minimum atomic E-state index is -3.18. The zero-order chi connectivity index (χ0) is 19.4. The van der Waals surface area contributed by atoms with Crippen LogP contribution in [0.4, 0.5) is 4.79 Å². The van der Waals surface area contributed by atoms with Crippen molar-refractivity contribution in [2.75, 3.05) is 32.5 Å². The van der Waals surface area contributed by atoms with Crippen LogP contribution in [0.1, 0.15) is 26.3 Å². The van der Waals surface area contributed by atoms with Crippen molar-refractivity contribution in [3.63, 3.8) is 0 Å². The lowest BCUT2D eigenvalue weighted by atomic mass is 10.2. The van der Waals surface area contributed by atoms with Gasteiger partial charge in [-0.1, -0.05) is 12.1 Å². The number of amides is 1. The molecule has 8 heteroatoms. The summed E-state index contributed by atoms with van der Waals surface area (Å²) in [7, 11) is -3.18. The molecule has 0 unspecified atom stereocenters. The summed E-state index contributed by atoms with van der Waals surface area (Å²) >= 11 is 0. The van der Waals surface area contributed by atoms with Crippen LogP contribution in [0.2, 0.25) is 0 Å². The molecule has 1 aromatic rings. The van der Waals surface area contributed by atoms with Crippen LogP contribution in [0.25, 0.3) is 0 Å². The van der Waals surface area contributed by atoms with E-state index in [0.29, 0.717) is 37.7 Å². The van der Waals surface area contributed by atoms with E-state index in [0.717, 1.165) is 5.56 Å². The molecule has 1 aromatic carbocycles. The Morgan fingerprint density at radius 1 is 1.27 bits per heavy atom. The van der Waals surface area contributed by atoms with Crippen LogP contribution in [0.15, 0.2) is 29.2 Å². The van der Waals surface area contributed by atoms with Crippen molar-refractivity contribution >= 4 is 15.9 Å². The first-order chi connectivity index (χ1) is 12.0. The molecule has 0 radical (unpaired) electrons. The van der Waals surface area contributed by atoms with E-state index >= 15 is 0 Å². The van der Waals surface area contributed by atoms with Crippen molar-refractivity contribution in [3.05, 3.63) is 29.8 Å². The molecule has 1 N–H and O–H groups in total. The van der Waals surface area contributed by atoms with Gasteiger partial charge in [-0.05, 0) is 38.5 Å². The highest BCUT2D eigenvalue weighted by atomic mass is 32.2. The van der Waals surface area contributed by atoms with Gasteiger partial charge in [-0.25, -0.2) is 13.2 Å². The average molecular weight is 384 g/mol. The Kier molecular flexibility index (Phi) is 6.65. The first-order valence-electron chi connectivity index (χ1n) is 8.63. The van der Waals surface area contributed by atoms with Crippen LogP contribution in [0.3, 0.4) is 0 Å². The largest absolute Gasteiger partial charge is 0.444 e. The number of piperazine rings is 1. The SMILES string of the molecule is CC(C)(C)OC(=O)N1CCN[C@H](COCc2ccc(S(C)(=O)=O)cc2)C1. The monoisotopic (exact) mass is 384 g/mol. The van der Waals surface area contributed by atoms with Crippen molar-refractivity contribution in [2.45, 2.75) is 43.9 Å². The molecule has 0 aromatic heterocycles. The fraction of sp³-hybridized carbons (Fsp3) is 0.611. The number of benzene rings is 1. The molecule has 146 valence electrons. The first kappa shape index (κ1) is 20.7. The van der Waals surface area contributed by atoms with Crippen molar-refractivity contribution < 1.29 is 22.7 Å². The molecule has 1 saturated heterocycles. The fourth-order valence-corrected chi connectivity index (χ4v) is 3.21. The number of nitrogens with one attached hydrogen (secondary N) is 1. The number of ether oxygens (including phenoxy) is 2. The van der Waals surface area contributed by atoms with Crippen LogP contribution in [0, 0.1) is 0 Å². The number of hydrogen-bond donors (Lipinski definition) is 1. The number of carbonyl (C=O) groups excluding carboxylic acids is 1. The second kappa shape index (κ2) is 8.37. The van der Waals surface area contributed by atoms with E-state index in [4.69, 9.17) is 9.47 Å². The summed E-state index contributed by atoms with van der Waals surface area (Å²) in [5.74, 6) is 0. The number of hydrogen-bond acceptors (Lipinski definition) is 6. The maximum atomic E-state index is 12.2. The number of sulfone groups is 1. The smallest absolute Gasteiger partial charge is 0.410 e. The highest BCUT2D eigenvalue weighted by Gasteiger charge is 2.27. The van der Waals surface area contributed by atoms with E-state index in [9.17, 15) is 13.2 Å². The Morgan fingerprint density at radius 3 is 2.50 bits per heavy atom.